The third kappa shape index (κ3) is 2.07. The topological polar surface area (TPSA) is 45.1 Å². The van der Waals surface area contributed by atoms with Crippen LogP contribution in [0.3, 0.4) is 0 Å². The van der Waals surface area contributed by atoms with Gasteiger partial charge in [0.15, 0.2) is 5.13 Å². The van der Waals surface area contributed by atoms with Crippen molar-refractivity contribution in [2.75, 3.05) is 5.32 Å². The van der Waals surface area contributed by atoms with Crippen molar-refractivity contribution >= 4 is 32.4 Å². The summed E-state index contributed by atoms with van der Waals surface area (Å²) in [6.45, 7) is 0. The number of hydrogen-bond donors (Lipinski definition) is 2. The molecular weight excluding hydrogens is 232 g/mol. The van der Waals surface area contributed by atoms with Crippen LogP contribution in [0.2, 0.25) is 0 Å². The standard InChI is InChI=1S/C13H10N2OS/c16-10-5-3-4-9(8-10)14-13-15-11-6-1-2-7-12(11)17-13/h1-8,16H,(H,14,15). The van der Waals surface area contributed by atoms with Crippen LogP contribution in [0.5, 0.6) is 5.75 Å². The number of fused-ring (bicyclic) bond motifs is 1. The normalized spacial score (nSPS) is 10.6. The highest BCUT2D eigenvalue weighted by molar-refractivity contribution is 7.22. The Morgan fingerprint density at radius 2 is 1.94 bits per heavy atom. The number of nitrogens with one attached hydrogen (secondary N) is 1. The summed E-state index contributed by atoms with van der Waals surface area (Å²) in [5, 5.41) is 13.4. The Morgan fingerprint density at radius 1 is 1.06 bits per heavy atom. The van der Waals surface area contributed by atoms with Crippen LogP contribution in [0.1, 0.15) is 0 Å². The lowest BCUT2D eigenvalue weighted by molar-refractivity contribution is 0.475. The molecule has 0 unspecified atom stereocenters. The van der Waals surface area contributed by atoms with E-state index < -0.39 is 0 Å². The van der Waals surface area contributed by atoms with Crippen molar-refractivity contribution in [3.8, 4) is 5.75 Å². The summed E-state index contributed by atoms with van der Waals surface area (Å²) >= 11 is 1.59. The predicted molar refractivity (Wildman–Crippen MR) is 71.0 cm³/mol. The number of aromatic hydroxyl groups is 1. The number of rotatable bonds is 2. The lowest BCUT2D eigenvalue weighted by atomic mass is 10.3. The molecule has 3 rings (SSSR count). The molecule has 0 aliphatic rings. The van der Waals surface area contributed by atoms with E-state index >= 15 is 0 Å². The van der Waals surface area contributed by atoms with Crippen LogP contribution < -0.4 is 5.32 Å². The molecule has 3 nitrogen and oxygen atoms in total. The Morgan fingerprint density at radius 3 is 2.76 bits per heavy atom. The van der Waals surface area contributed by atoms with Crippen LogP contribution in [-0.2, 0) is 0 Å². The second-order valence-electron chi connectivity index (χ2n) is 3.66. The van der Waals surface area contributed by atoms with Gasteiger partial charge >= 0.3 is 0 Å². The average Bonchev–Trinajstić information content (AvgIpc) is 2.71. The number of aromatic nitrogens is 1. The zero-order chi connectivity index (χ0) is 11.7. The van der Waals surface area contributed by atoms with Crippen LogP contribution in [0.25, 0.3) is 10.2 Å². The van der Waals surface area contributed by atoms with E-state index in [1.807, 2.05) is 30.3 Å². The molecule has 2 N–H and O–H groups in total. The van der Waals surface area contributed by atoms with Crippen molar-refractivity contribution in [1.29, 1.82) is 0 Å². The molecule has 0 amide bonds. The van der Waals surface area contributed by atoms with Crippen LogP contribution in [0, 0.1) is 0 Å². The summed E-state index contributed by atoms with van der Waals surface area (Å²) in [6, 6.07) is 15.0. The fourth-order valence-corrected chi connectivity index (χ4v) is 2.52. The van der Waals surface area contributed by atoms with Gasteiger partial charge in [0.2, 0.25) is 0 Å². The van der Waals surface area contributed by atoms with Crippen molar-refractivity contribution in [2.24, 2.45) is 0 Å². The summed E-state index contributed by atoms with van der Waals surface area (Å²) in [7, 11) is 0. The summed E-state index contributed by atoms with van der Waals surface area (Å²) in [5.74, 6) is 0.246. The van der Waals surface area contributed by atoms with E-state index in [1.54, 1.807) is 29.5 Å². The van der Waals surface area contributed by atoms with Gasteiger partial charge in [0.25, 0.3) is 0 Å². The van der Waals surface area contributed by atoms with Crippen molar-refractivity contribution in [3.05, 3.63) is 48.5 Å². The third-order valence-electron chi connectivity index (χ3n) is 2.39. The smallest absolute Gasteiger partial charge is 0.188 e. The highest BCUT2D eigenvalue weighted by atomic mass is 32.1. The minimum absolute atomic E-state index is 0.246. The molecule has 4 heteroatoms. The Kier molecular flexibility index (Phi) is 2.42. The maximum absolute atomic E-state index is 9.37. The van der Waals surface area contributed by atoms with Crippen molar-refractivity contribution < 1.29 is 5.11 Å². The number of para-hydroxylation sites is 1. The number of hydrogen-bond acceptors (Lipinski definition) is 4. The number of phenols is 1. The van der Waals surface area contributed by atoms with Gasteiger partial charge in [-0.2, -0.15) is 0 Å². The van der Waals surface area contributed by atoms with E-state index in [2.05, 4.69) is 10.3 Å². The molecule has 1 aromatic heterocycles. The Bertz CT molecular complexity index is 630. The van der Waals surface area contributed by atoms with E-state index in [-0.39, 0.29) is 5.75 Å². The van der Waals surface area contributed by atoms with E-state index in [0.717, 1.165) is 21.0 Å². The summed E-state index contributed by atoms with van der Waals surface area (Å²) in [6.07, 6.45) is 0. The fraction of sp³-hybridized carbons (Fsp3) is 0. The molecule has 0 aliphatic carbocycles. The SMILES string of the molecule is Oc1cccc(Nc2nc3ccccc3s2)c1. The average molecular weight is 242 g/mol. The number of benzene rings is 2. The minimum atomic E-state index is 0.246. The second-order valence-corrected chi connectivity index (χ2v) is 4.69. The Hall–Kier alpha value is -2.07. The lowest BCUT2D eigenvalue weighted by Gasteiger charge is -2.01. The van der Waals surface area contributed by atoms with Gasteiger partial charge in [0.1, 0.15) is 5.75 Å². The largest absolute Gasteiger partial charge is 0.508 e. The molecule has 0 bridgehead atoms. The predicted octanol–water partition coefficient (Wildman–Crippen LogP) is 3.75. The van der Waals surface area contributed by atoms with Crippen LogP contribution in [0.15, 0.2) is 48.5 Å². The molecule has 3 aromatic rings. The monoisotopic (exact) mass is 242 g/mol. The fourth-order valence-electron chi connectivity index (χ4n) is 1.63. The molecule has 0 atom stereocenters. The van der Waals surface area contributed by atoms with Gasteiger partial charge in [0, 0.05) is 11.8 Å². The summed E-state index contributed by atoms with van der Waals surface area (Å²) in [5.41, 5.74) is 1.82. The molecule has 0 fully saturated rings. The molecule has 0 saturated heterocycles. The molecule has 0 saturated carbocycles. The highest BCUT2D eigenvalue weighted by Crippen LogP contribution is 2.28. The van der Waals surface area contributed by atoms with Crippen LogP contribution in [0.4, 0.5) is 10.8 Å². The van der Waals surface area contributed by atoms with Crippen molar-refractivity contribution in [2.45, 2.75) is 0 Å². The molecule has 0 aliphatic heterocycles. The Balaban J connectivity index is 1.94. The molecule has 0 spiro atoms. The molecule has 0 radical (unpaired) electrons. The minimum Gasteiger partial charge on any atom is -0.508 e. The molecule has 2 aromatic carbocycles. The van der Waals surface area contributed by atoms with Gasteiger partial charge in [-0.1, -0.05) is 29.5 Å². The molecular formula is C13H10N2OS. The van der Waals surface area contributed by atoms with Gasteiger partial charge in [-0.05, 0) is 24.3 Å². The Labute approximate surface area is 102 Å². The summed E-state index contributed by atoms with van der Waals surface area (Å²) < 4.78 is 1.15. The van der Waals surface area contributed by atoms with Crippen molar-refractivity contribution in [1.82, 2.24) is 4.98 Å². The number of thiazole rings is 1. The molecule has 84 valence electrons. The van der Waals surface area contributed by atoms with Gasteiger partial charge < -0.3 is 10.4 Å². The molecule has 17 heavy (non-hydrogen) atoms. The van der Waals surface area contributed by atoms with E-state index in [0.29, 0.717) is 0 Å². The first-order chi connectivity index (χ1) is 8.31. The maximum Gasteiger partial charge on any atom is 0.188 e. The van der Waals surface area contributed by atoms with Gasteiger partial charge in [0.05, 0.1) is 10.2 Å². The zero-order valence-corrected chi connectivity index (χ0v) is 9.74. The maximum atomic E-state index is 9.37. The first-order valence-electron chi connectivity index (χ1n) is 5.23. The summed E-state index contributed by atoms with van der Waals surface area (Å²) in [4.78, 5) is 4.46. The first-order valence-corrected chi connectivity index (χ1v) is 6.04. The van der Waals surface area contributed by atoms with E-state index in [9.17, 15) is 5.11 Å². The number of nitrogens with zero attached hydrogens (tertiary/aromatic N) is 1. The third-order valence-corrected chi connectivity index (χ3v) is 3.34. The van der Waals surface area contributed by atoms with E-state index in [4.69, 9.17) is 0 Å². The lowest BCUT2D eigenvalue weighted by Crippen LogP contribution is -1.87. The zero-order valence-electron chi connectivity index (χ0n) is 8.92. The molecule has 1 heterocycles. The van der Waals surface area contributed by atoms with E-state index in [1.165, 1.54) is 0 Å². The quantitative estimate of drug-likeness (QED) is 0.719. The number of anilines is 2. The first kappa shape index (κ1) is 10.1. The van der Waals surface area contributed by atoms with Gasteiger partial charge in [-0.3, -0.25) is 0 Å². The highest BCUT2D eigenvalue weighted by Gasteiger charge is 2.03. The van der Waals surface area contributed by atoms with Crippen LogP contribution in [-0.4, -0.2) is 10.1 Å². The van der Waals surface area contributed by atoms with Crippen LogP contribution >= 0.6 is 11.3 Å². The van der Waals surface area contributed by atoms with Crippen molar-refractivity contribution in [3.63, 3.8) is 0 Å². The van der Waals surface area contributed by atoms with Gasteiger partial charge in [-0.25, -0.2) is 4.98 Å². The number of phenolic OH excluding ortho intramolecular Hbond substituents is 1. The second kappa shape index (κ2) is 4.07. The van der Waals surface area contributed by atoms with Gasteiger partial charge in [-0.15, -0.1) is 0 Å².